The lowest BCUT2D eigenvalue weighted by Gasteiger charge is -2.26. The number of hydrogen-bond acceptors (Lipinski definition) is 7. The van der Waals surface area contributed by atoms with Crippen molar-refractivity contribution in [2.75, 3.05) is 5.75 Å². The van der Waals surface area contributed by atoms with Gasteiger partial charge in [0.25, 0.3) is 0 Å². The van der Waals surface area contributed by atoms with Crippen molar-refractivity contribution in [2.45, 2.75) is 57.3 Å². The van der Waals surface area contributed by atoms with Crippen molar-refractivity contribution >= 4 is 36.3 Å². The van der Waals surface area contributed by atoms with E-state index >= 15 is 0 Å². The molecule has 0 fully saturated rings. The molecule has 38 heavy (non-hydrogen) atoms. The van der Waals surface area contributed by atoms with E-state index in [9.17, 15) is 29.4 Å². The number of nitrogens with one attached hydrogen (secondary N) is 3. The summed E-state index contributed by atoms with van der Waals surface area (Å²) in [5, 5.41) is 27.0. The second-order valence-corrected chi connectivity index (χ2v) is 9.87. The number of hydrogen-bond donors (Lipinski definition) is 7. The second-order valence-electron chi connectivity index (χ2n) is 9.50. The van der Waals surface area contributed by atoms with E-state index in [0.29, 0.717) is 5.56 Å². The van der Waals surface area contributed by atoms with Crippen LogP contribution in [0.15, 0.2) is 54.6 Å². The molecule has 0 heterocycles. The second kappa shape index (κ2) is 15.0. The molecule has 0 bridgehead atoms. The van der Waals surface area contributed by atoms with Gasteiger partial charge in [-0.15, -0.1) is 0 Å². The monoisotopic (exact) mass is 544 g/mol. The Morgan fingerprint density at radius 2 is 1.26 bits per heavy atom. The summed E-state index contributed by atoms with van der Waals surface area (Å²) in [4.78, 5) is 50.9. The zero-order valence-electron chi connectivity index (χ0n) is 21.5. The summed E-state index contributed by atoms with van der Waals surface area (Å²) in [5.74, 6) is -2.95. The summed E-state index contributed by atoms with van der Waals surface area (Å²) in [6.45, 7) is 3.69. The van der Waals surface area contributed by atoms with Gasteiger partial charge in [0.05, 0.1) is 6.04 Å². The highest BCUT2D eigenvalue weighted by molar-refractivity contribution is 7.80. The summed E-state index contributed by atoms with van der Waals surface area (Å²) in [7, 11) is 0. The Labute approximate surface area is 227 Å². The number of aromatic hydroxyl groups is 1. The molecule has 0 saturated heterocycles. The van der Waals surface area contributed by atoms with Crippen LogP contribution < -0.4 is 21.7 Å². The van der Waals surface area contributed by atoms with Gasteiger partial charge in [0.1, 0.15) is 23.9 Å². The van der Waals surface area contributed by atoms with E-state index in [4.69, 9.17) is 5.73 Å². The third kappa shape index (κ3) is 10.1. The van der Waals surface area contributed by atoms with E-state index in [1.807, 2.05) is 19.9 Å². The number of carboxylic acid groups (broad SMARTS) is 1. The zero-order chi connectivity index (χ0) is 28.2. The predicted octanol–water partition coefficient (Wildman–Crippen LogP) is 1.02. The first kappa shape index (κ1) is 30.7. The molecule has 4 atom stereocenters. The minimum absolute atomic E-state index is 0.0134. The van der Waals surface area contributed by atoms with Crippen LogP contribution in [0.5, 0.6) is 5.75 Å². The van der Waals surface area contributed by atoms with Crippen molar-refractivity contribution in [3.05, 3.63) is 65.7 Å². The minimum Gasteiger partial charge on any atom is -0.508 e. The number of rotatable bonds is 14. The van der Waals surface area contributed by atoms with Crippen molar-refractivity contribution in [2.24, 2.45) is 11.7 Å². The van der Waals surface area contributed by atoms with E-state index in [-0.39, 0.29) is 36.7 Å². The fourth-order valence-electron chi connectivity index (χ4n) is 3.74. The average molecular weight is 545 g/mol. The highest BCUT2D eigenvalue weighted by Crippen LogP contribution is 2.13. The molecule has 0 aliphatic carbocycles. The molecule has 0 radical (unpaired) electrons. The maximum atomic E-state index is 13.4. The molecule has 0 aliphatic heterocycles. The summed E-state index contributed by atoms with van der Waals surface area (Å²) >= 11 is 4.03. The lowest BCUT2D eigenvalue weighted by atomic mass is 10.0. The number of benzene rings is 2. The van der Waals surface area contributed by atoms with Crippen LogP contribution in [-0.2, 0) is 32.0 Å². The third-order valence-corrected chi connectivity index (χ3v) is 6.17. The van der Waals surface area contributed by atoms with Crippen molar-refractivity contribution in [3.63, 3.8) is 0 Å². The van der Waals surface area contributed by atoms with Crippen LogP contribution in [0.2, 0.25) is 0 Å². The van der Waals surface area contributed by atoms with Crippen LogP contribution in [0.1, 0.15) is 31.4 Å². The molecule has 206 valence electrons. The number of nitrogens with two attached hydrogens (primary N) is 1. The smallest absolute Gasteiger partial charge is 0.326 e. The first-order valence-corrected chi connectivity index (χ1v) is 13.0. The molecule has 2 rings (SSSR count). The Hall–Kier alpha value is -3.57. The predicted molar refractivity (Wildman–Crippen MR) is 147 cm³/mol. The summed E-state index contributed by atoms with van der Waals surface area (Å²) in [6, 6.07) is 10.8. The highest BCUT2D eigenvalue weighted by Gasteiger charge is 2.31. The number of carboxylic acids is 1. The van der Waals surface area contributed by atoms with Gasteiger partial charge in [0.15, 0.2) is 0 Å². The Bertz CT molecular complexity index is 1080. The maximum Gasteiger partial charge on any atom is 0.326 e. The van der Waals surface area contributed by atoms with Gasteiger partial charge in [-0.1, -0.05) is 56.3 Å². The molecular formula is C27H36N4O6S. The number of amides is 3. The van der Waals surface area contributed by atoms with E-state index in [2.05, 4.69) is 28.6 Å². The van der Waals surface area contributed by atoms with Crippen LogP contribution in [0.3, 0.4) is 0 Å². The molecule has 2 aromatic rings. The quantitative estimate of drug-likeness (QED) is 0.174. The molecule has 10 nitrogen and oxygen atoms in total. The molecule has 0 saturated carbocycles. The number of thiol groups is 1. The number of carbonyl (C=O) groups is 4. The van der Waals surface area contributed by atoms with Gasteiger partial charge < -0.3 is 31.9 Å². The lowest BCUT2D eigenvalue weighted by Crippen LogP contribution is -2.58. The Kier molecular flexibility index (Phi) is 12.1. The lowest BCUT2D eigenvalue weighted by molar-refractivity contribution is -0.142. The van der Waals surface area contributed by atoms with Crippen LogP contribution in [-0.4, -0.2) is 63.8 Å². The van der Waals surface area contributed by atoms with Gasteiger partial charge in [-0.2, -0.15) is 12.6 Å². The van der Waals surface area contributed by atoms with Gasteiger partial charge in [-0.05, 0) is 35.6 Å². The Morgan fingerprint density at radius 3 is 1.74 bits per heavy atom. The molecule has 3 amide bonds. The fourth-order valence-corrected chi connectivity index (χ4v) is 3.90. The fraction of sp³-hybridized carbons (Fsp3) is 0.407. The number of aliphatic carboxylic acids is 1. The number of phenolic OH excluding ortho intramolecular Hbond substituents is 1. The normalized spacial score (nSPS) is 14.1. The number of carbonyl (C=O) groups excluding carboxylic acids is 3. The first-order valence-electron chi connectivity index (χ1n) is 12.3. The maximum absolute atomic E-state index is 13.4. The van der Waals surface area contributed by atoms with E-state index in [1.54, 1.807) is 36.4 Å². The molecule has 2 aromatic carbocycles. The zero-order valence-corrected chi connectivity index (χ0v) is 22.4. The highest BCUT2D eigenvalue weighted by atomic mass is 32.1. The van der Waals surface area contributed by atoms with Crippen LogP contribution >= 0.6 is 12.6 Å². The van der Waals surface area contributed by atoms with Gasteiger partial charge in [-0.25, -0.2) is 4.79 Å². The standard InChI is InChI=1S/C27H36N4O6S/c1-16(2)12-23(27(36)37)31-26(35)22(13-17-6-4-3-5-7-17)30-25(34)21(29-24(33)20(28)15-38)14-18-8-10-19(32)11-9-18/h3-11,16,20-23,32,38H,12-15,28H2,1-2H3,(H,29,33)(H,30,34)(H,31,35)(H,36,37). The van der Waals surface area contributed by atoms with Crippen molar-refractivity contribution < 1.29 is 29.4 Å². The van der Waals surface area contributed by atoms with Crippen LogP contribution in [0, 0.1) is 5.92 Å². The first-order chi connectivity index (χ1) is 18.0. The Balaban J connectivity index is 2.30. The van der Waals surface area contributed by atoms with Crippen molar-refractivity contribution in [3.8, 4) is 5.75 Å². The summed E-state index contributed by atoms with van der Waals surface area (Å²) < 4.78 is 0. The Morgan fingerprint density at radius 1 is 0.789 bits per heavy atom. The van der Waals surface area contributed by atoms with E-state index in [0.717, 1.165) is 5.56 Å². The van der Waals surface area contributed by atoms with Crippen LogP contribution in [0.4, 0.5) is 0 Å². The van der Waals surface area contributed by atoms with Gasteiger partial charge in [0.2, 0.25) is 17.7 Å². The number of phenols is 1. The molecule has 0 aromatic heterocycles. The summed E-state index contributed by atoms with van der Waals surface area (Å²) in [6.07, 6.45) is 0.374. The molecule has 0 spiro atoms. The van der Waals surface area contributed by atoms with E-state index < -0.39 is 47.9 Å². The van der Waals surface area contributed by atoms with Crippen LogP contribution in [0.25, 0.3) is 0 Å². The summed E-state index contributed by atoms with van der Waals surface area (Å²) in [5.41, 5.74) is 7.18. The van der Waals surface area contributed by atoms with Crippen molar-refractivity contribution in [1.29, 1.82) is 0 Å². The topological polar surface area (TPSA) is 171 Å². The third-order valence-electron chi connectivity index (χ3n) is 5.78. The van der Waals surface area contributed by atoms with Gasteiger partial charge in [0, 0.05) is 18.6 Å². The average Bonchev–Trinajstić information content (AvgIpc) is 2.88. The molecule has 11 heteroatoms. The molecule has 4 unspecified atom stereocenters. The molecule has 7 N–H and O–H groups in total. The van der Waals surface area contributed by atoms with Gasteiger partial charge >= 0.3 is 5.97 Å². The molecular weight excluding hydrogens is 508 g/mol. The minimum atomic E-state index is -1.17. The SMILES string of the molecule is CC(C)CC(NC(=O)C(Cc1ccccc1)NC(=O)C(Cc1ccc(O)cc1)NC(=O)C(N)CS)C(=O)O. The largest absolute Gasteiger partial charge is 0.508 e. The molecule has 0 aliphatic rings. The van der Waals surface area contributed by atoms with Crippen molar-refractivity contribution in [1.82, 2.24) is 16.0 Å². The van der Waals surface area contributed by atoms with E-state index in [1.165, 1.54) is 12.1 Å². The van der Waals surface area contributed by atoms with Gasteiger partial charge in [-0.3, -0.25) is 14.4 Å².